The minimum absolute atomic E-state index is 0.172. The largest absolute Gasteiger partial charge is 0.464 e. The van der Waals surface area contributed by atoms with Crippen LogP contribution < -0.4 is 10.6 Å². The first kappa shape index (κ1) is 17.2. The van der Waals surface area contributed by atoms with E-state index >= 15 is 0 Å². The van der Waals surface area contributed by atoms with Crippen molar-refractivity contribution in [3.05, 3.63) is 53.5 Å². The number of anilines is 1. The summed E-state index contributed by atoms with van der Waals surface area (Å²) in [5, 5.41) is 5.70. The topological polar surface area (TPSA) is 80.6 Å². The van der Waals surface area contributed by atoms with Crippen LogP contribution in [0.15, 0.2) is 40.8 Å². The van der Waals surface area contributed by atoms with Gasteiger partial charge < -0.3 is 19.8 Å². The lowest BCUT2D eigenvalue weighted by molar-refractivity contribution is -0.124. The number of hydrogen-bond donors (Lipinski definition) is 2. The van der Waals surface area contributed by atoms with Crippen molar-refractivity contribution < 1.29 is 18.7 Å². The molecule has 0 saturated carbocycles. The fourth-order valence-corrected chi connectivity index (χ4v) is 2.78. The summed E-state index contributed by atoms with van der Waals surface area (Å²) in [5.74, 6) is 1.10. The maximum atomic E-state index is 12.4. The molecule has 2 unspecified atom stereocenters. The third-order valence-corrected chi connectivity index (χ3v) is 4.15. The normalized spacial score (nSPS) is 17.9. The molecule has 2 N–H and O–H groups in total. The molecule has 25 heavy (non-hydrogen) atoms. The summed E-state index contributed by atoms with van der Waals surface area (Å²) < 4.78 is 10.9. The Labute approximate surface area is 146 Å². The number of nitrogens with one attached hydrogen (secondary N) is 2. The molecule has 2 aromatic rings. The van der Waals surface area contributed by atoms with Gasteiger partial charge in [0.15, 0.2) is 0 Å². The second kappa shape index (κ2) is 7.53. The van der Waals surface area contributed by atoms with Gasteiger partial charge in [-0.3, -0.25) is 9.59 Å². The van der Waals surface area contributed by atoms with Crippen LogP contribution >= 0.6 is 0 Å². The third kappa shape index (κ3) is 4.28. The molecule has 6 nitrogen and oxygen atoms in total. The second-order valence-corrected chi connectivity index (χ2v) is 6.22. The monoisotopic (exact) mass is 342 g/mol. The fourth-order valence-electron chi connectivity index (χ4n) is 2.78. The number of benzene rings is 1. The minimum atomic E-state index is -0.403. The molecule has 0 bridgehead atoms. The van der Waals surface area contributed by atoms with Crippen molar-refractivity contribution in [1.82, 2.24) is 5.32 Å². The molecule has 2 heterocycles. The van der Waals surface area contributed by atoms with Gasteiger partial charge in [-0.05, 0) is 57.0 Å². The number of ether oxygens (including phenoxy) is 1. The van der Waals surface area contributed by atoms with Gasteiger partial charge in [0, 0.05) is 17.9 Å². The molecule has 0 spiro atoms. The molecule has 6 heteroatoms. The van der Waals surface area contributed by atoms with Gasteiger partial charge in [0.2, 0.25) is 0 Å². The van der Waals surface area contributed by atoms with E-state index in [0.29, 0.717) is 23.6 Å². The van der Waals surface area contributed by atoms with E-state index in [-0.39, 0.29) is 17.9 Å². The highest BCUT2D eigenvalue weighted by Gasteiger charge is 2.23. The number of rotatable bonds is 5. The Kier molecular flexibility index (Phi) is 5.19. The molecular formula is C19H22N2O4. The highest BCUT2D eigenvalue weighted by molar-refractivity contribution is 5.98. The number of aryl methyl sites for hydroxylation is 1. The molecule has 2 amide bonds. The van der Waals surface area contributed by atoms with Gasteiger partial charge in [-0.25, -0.2) is 0 Å². The smallest absolute Gasteiger partial charge is 0.253 e. The van der Waals surface area contributed by atoms with E-state index in [1.54, 1.807) is 24.3 Å². The van der Waals surface area contributed by atoms with Crippen molar-refractivity contribution in [2.24, 2.45) is 0 Å². The zero-order valence-corrected chi connectivity index (χ0v) is 14.4. The molecule has 3 rings (SSSR count). The number of carbonyl (C=O) groups excluding carboxylic acids is 2. The molecule has 1 aliphatic heterocycles. The van der Waals surface area contributed by atoms with E-state index in [0.717, 1.165) is 18.6 Å². The maximum absolute atomic E-state index is 12.4. The van der Waals surface area contributed by atoms with Crippen LogP contribution in [0.3, 0.4) is 0 Å². The fraction of sp³-hybridized carbons (Fsp3) is 0.368. The van der Waals surface area contributed by atoms with Crippen LogP contribution in [-0.2, 0) is 9.53 Å². The van der Waals surface area contributed by atoms with Gasteiger partial charge in [0.05, 0.1) is 6.04 Å². The second-order valence-electron chi connectivity index (χ2n) is 6.22. The van der Waals surface area contributed by atoms with E-state index < -0.39 is 6.10 Å². The van der Waals surface area contributed by atoms with Crippen molar-refractivity contribution in [2.75, 3.05) is 11.9 Å². The molecule has 132 valence electrons. The molecule has 2 atom stereocenters. The lowest BCUT2D eigenvalue weighted by Crippen LogP contribution is -2.28. The molecular weight excluding hydrogens is 320 g/mol. The van der Waals surface area contributed by atoms with Crippen LogP contribution in [0.2, 0.25) is 0 Å². The van der Waals surface area contributed by atoms with Gasteiger partial charge in [-0.2, -0.15) is 0 Å². The SMILES string of the molecule is Cc1ccc(C(C)NC(=O)c2cccc(NC(=O)C3CCCO3)c2)o1. The van der Waals surface area contributed by atoms with Crippen LogP contribution in [0.5, 0.6) is 0 Å². The predicted octanol–water partition coefficient (Wildman–Crippen LogP) is 3.20. The molecule has 1 aromatic carbocycles. The maximum Gasteiger partial charge on any atom is 0.253 e. The zero-order chi connectivity index (χ0) is 17.8. The summed E-state index contributed by atoms with van der Waals surface area (Å²) in [4.78, 5) is 24.6. The van der Waals surface area contributed by atoms with E-state index in [4.69, 9.17) is 9.15 Å². The lowest BCUT2D eigenvalue weighted by atomic mass is 10.1. The van der Waals surface area contributed by atoms with Crippen LogP contribution in [0.25, 0.3) is 0 Å². The molecule has 1 saturated heterocycles. The molecule has 1 aliphatic rings. The van der Waals surface area contributed by atoms with E-state index in [2.05, 4.69) is 10.6 Å². The highest BCUT2D eigenvalue weighted by atomic mass is 16.5. The Morgan fingerprint density at radius 3 is 2.76 bits per heavy atom. The summed E-state index contributed by atoms with van der Waals surface area (Å²) in [6, 6.07) is 10.3. The van der Waals surface area contributed by atoms with Gasteiger partial charge in [-0.15, -0.1) is 0 Å². The zero-order valence-electron chi connectivity index (χ0n) is 14.4. The molecule has 0 radical (unpaired) electrons. The molecule has 1 fully saturated rings. The number of carbonyl (C=O) groups is 2. The Balaban J connectivity index is 1.63. The average molecular weight is 342 g/mol. The Bertz CT molecular complexity index is 762. The van der Waals surface area contributed by atoms with E-state index in [1.807, 2.05) is 26.0 Å². The Hall–Kier alpha value is -2.60. The van der Waals surface area contributed by atoms with Gasteiger partial charge in [0.25, 0.3) is 11.8 Å². The van der Waals surface area contributed by atoms with Gasteiger partial charge in [-0.1, -0.05) is 6.07 Å². The first-order valence-electron chi connectivity index (χ1n) is 8.42. The average Bonchev–Trinajstić information content (AvgIpc) is 3.26. The van der Waals surface area contributed by atoms with Crippen LogP contribution in [-0.4, -0.2) is 24.5 Å². The van der Waals surface area contributed by atoms with Crippen molar-refractivity contribution in [2.45, 2.75) is 38.8 Å². The van der Waals surface area contributed by atoms with Crippen LogP contribution in [0.4, 0.5) is 5.69 Å². The van der Waals surface area contributed by atoms with Gasteiger partial charge >= 0.3 is 0 Å². The first-order chi connectivity index (χ1) is 12.0. The summed E-state index contributed by atoms with van der Waals surface area (Å²) >= 11 is 0. The first-order valence-corrected chi connectivity index (χ1v) is 8.42. The van der Waals surface area contributed by atoms with Gasteiger partial charge in [0.1, 0.15) is 17.6 Å². The third-order valence-electron chi connectivity index (χ3n) is 4.15. The molecule has 1 aromatic heterocycles. The summed E-state index contributed by atoms with van der Waals surface area (Å²) in [6.07, 6.45) is 1.22. The molecule has 0 aliphatic carbocycles. The quantitative estimate of drug-likeness (QED) is 0.874. The van der Waals surface area contributed by atoms with Crippen LogP contribution in [0.1, 0.15) is 47.7 Å². The van der Waals surface area contributed by atoms with Crippen molar-refractivity contribution >= 4 is 17.5 Å². The van der Waals surface area contributed by atoms with E-state index in [9.17, 15) is 9.59 Å². The van der Waals surface area contributed by atoms with Crippen molar-refractivity contribution in [3.8, 4) is 0 Å². The predicted molar refractivity (Wildman–Crippen MR) is 93.4 cm³/mol. The van der Waals surface area contributed by atoms with Crippen molar-refractivity contribution in [3.63, 3.8) is 0 Å². The lowest BCUT2D eigenvalue weighted by Gasteiger charge is -2.13. The summed E-state index contributed by atoms with van der Waals surface area (Å²) in [6.45, 7) is 4.34. The van der Waals surface area contributed by atoms with Crippen LogP contribution in [0, 0.1) is 6.92 Å². The highest BCUT2D eigenvalue weighted by Crippen LogP contribution is 2.18. The van der Waals surface area contributed by atoms with Crippen molar-refractivity contribution in [1.29, 1.82) is 0 Å². The number of hydrogen-bond acceptors (Lipinski definition) is 4. The standard InChI is InChI=1S/C19H22N2O4/c1-12-8-9-16(25-12)13(2)20-18(22)14-5-3-6-15(11-14)21-19(23)17-7-4-10-24-17/h3,5-6,8-9,11,13,17H,4,7,10H2,1-2H3,(H,20,22)(H,21,23). The summed E-state index contributed by atoms with van der Waals surface area (Å²) in [5.41, 5.74) is 1.05. The van der Waals surface area contributed by atoms with E-state index in [1.165, 1.54) is 0 Å². The summed E-state index contributed by atoms with van der Waals surface area (Å²) in [7, 11) is 0. The number of amides is 2. The Morgan fingerprint density at radius 1 is 1.24 bits per heavy atom. The minimum Gasteiger partial charge on any atom is -0.464 e. The Morgan fingerprint density at radius 2 is 2.08 bits per heavy atom. The number of furan rings is 1.